The average Bonchev–Trinajstić information content (AvgIpc) is 3.69. The van der Waals surface area contributed by atoms with Crippen LogP contribution in [0.5, 0.6) is 0 Å². The van der Waals surface area contributed by atoms with Crippen molar-refractivity contribution in [2.75, 3.05) is 57.0 Å². The Morgan fingerprint density at radius 2 is 1.72 bits per heavy atom. The van der Waals surface area contributed by atoms with Gasteiger partial charge in [-0.25, -0.2) is 4.79 Å². The number of nitrogens with one attached hydrogen (secondary N) is 3. The minimum atomic E-state index is -0.209. The van der Waals surface area contributed by atoms with Crippen molar-refractivity contribution in [3.05, 3.63) is 76.6 Å². The summed E-state index contributed by atoms with van der Waals surface area (Å²) in [6.07, 6.45) is 3.30. The van der Waals surface area contributed by atoms with E-state index < -0.39 is 0 Å². The van der Waals surface area contributed by atoms with Gasteiger partial charge in [-0.15, -0.1) is 0 Å². The molecule has 2 saturated heterocycles. The van der Waals surface area contributed by atoms with Crippen LogP contribution in [0.1, 0.15) is 89.7 Å². The Bertz CT molecular complexity index is 1600. The number of hydrogen-bond acceptors (Lipinski definition) is 6. The number of piperidine rings is 1. The van der Waals surface area contributed by atoms with Crippen LogP contribution in [0.2, 0.25) is 0 Å². The zero-order valence-corrected chi connectivity index (χ0v) is 28.3. The number of benzene rings is 2. The van der Waals surface area contributed by atoms with Crippen LogP contribution in [-0.4, -0.2) is 84.2 Å². The van der Waals surface area contributed by atoms with E-state index in [0.717, 1.165) is 73.8 Å². The summed E-state index contributed by atoms with van der Waals surface area (Å²) in [6.45, 7) is 11.8. The lowest BCUT2D eigenvalue weighted by molar-refractivity contribution is 0.0827. The third-order valence-corrected chi connectivity index (χ3v) is 10.1. The van der Waals surface area contributed by atoms with Crippen LogP contribution < -0.4 is 20.9 Å². The molecule has 1 atom stereocenters. The first-order valence-corrected chi connectivity index (χ1v) is 16.9. The first-order chi connectivity index (χ1) is 22.5. The Balaban J connectivity index is 1.09. The van der Waals surface area contributed by atoms with E-state index in [9.17, 15) is 14.4 Å². The second-order valence-electron chi connectivity index (χ2n) is 14.0. The highest BCUT2D eigenvalue weighted by Gasteiger charge is 2.38. The predicted octanol–water partition coefficient (Wildman–Crippen LogP) is 4.83. The average molecular weight is 641 g/mol. The number of hydrogen-bond donors (Lipinski definition) is 3. The number of anilines is 2. The molecule has 250 valence electrons. The van der Waals surface area contributed by atoms with Gasteiger partial charge in [-0.1, -0.05) is 19.1 Å². The van der Waals surface area contributed by atoms with Gasteiger partial charge in [0, 0.05) is 93.5 Å². The number of fused-ring (bicyclic) bond motifs is 1. The van der Waals surface area contributed by atoms with Gasteiger partial charge in [0.15, 0.2) is 5.69 Å². The number of likely N-dealkylation sites (tertiary alicyclic amines) is 1. The molecule has 11 heteroatoms. The standard InChI is InChI=1S/C36H48N8O3/c1-24(2)44-32-25(3)21-43(29-12-8-27(9-13-29)34(46)41(4)5)22-30(32)31(40-44)33(45)38-20-26-6-10-28(11-7-26)39-35(47)42-18-15-36(16-19-42)14-17-37-23-36/h6-13,24-25,37H,14-23H2,1-5H3,(H,38,45)(H,39,47)/t25-/m0/s1. The monoisotopic (exact) mass is 640 g/mol. The smallest absolute Gasteiger partial charge is 0.321 e. The summed E-state index contributed by atoms with van der Waals surface area (Å²) >= 11 is 0. The number of aromatic nitrogens is 2. The fourth-order valence-electron chi connectivity index (χ4n) is 7.26. The lowest BCUT2D eigenvalue weighted by Crippen LogP contribution is -2.45. The van der Waals surface area contributed by atoms with Crippen LogP contribution >= 0.6 is 0 Å². The van der Waals surface area contributed by atoms with Crippen molar-refractivity contribution in [1.29, 1.82) is 0 Å². The third kappa shape index (κ3) is 6.86. The highest BCUT2D eigenvalue weighted by atomic mass is 16.2. The lowest BCUT2D eigenvalue weighted by Gasteiger charge is -2.38. The van der Waals surface area contributed by atoms with Crippen LogP contribution in [0.15, 0.2) is 48.5 Å². The molecule has 0 unspecified atom stereocenters. The van der Waals surface area contributed by atoms with Crippen molar-refractivity contribution >= 4 is 29.2 Å². The molecule has 0 bridgehead atoms. The summed E-state index contributed by atoms with van der Waals surface area (Å²) in [6, 6.07) is 15.4. The highest BCUT2D eigenvalue weighted by molar-refractivity contribution is 5.95. The zero-order chi connectivity index (χ0) is 33.3. The van der Waals surface area contributed by atoms with Crippen molar-refractivity contribution in [1.82, 2.24) is 30.2 Å². The Hall–Kier alpha value is -4.38. The molecule has 2 fully saturated rings. The summed E-state index contributed by atoms with van der Waals surface area (Å²) in [5.41, 5.74) is 6.18. The van der Waals surface area contributed by atoms with E-state index in [4.69, 9.17) is 5.10 Å². The first kappa shape index (κ1) is 32.6. The summed E-state index contributed by atoms with van der Waals surface area (Å²) in [4.78, 5) is 44.7. The number of urea groups is 1. The molecule has 11 nitrogen and oxygen atoms in total. The second kappa shape index (κ2) is 13.4. The third-order valence-electron chi connectivity index (χ3n) is 10.1. The maximum atomic E-state index is 13.6. The van der Waals surface area contributed by atoms with E-state index in [1.54, 1.807) is 19.0 Å². The molecular weight excluding hydrogens is 592 g/mol. The maximum Gasteiger partial charge on any atom is 0.321 e. The molecule has 6 rings (SSSR count). The Morgan fingerprint density at radius 3 is 2.34 bits per heavy atom. The Labute approximate surface area is 277 Å². The van der Waals surface area contributed by atoms with Crippen LogP contribution in [-0.2, 0) is 13.1 Å². The fraction of sp³-hybridized carbons (Fsp3) is 0.500. The Kier molecular flexibility index (Phi) is 9.27. The van der Waals surface area contributed by atoms with Gasteiger partial charge in [-0.2, -0.15) is 5.10 Å². The van der Waals surface area contributed by atoms with Crippen molar-refractivity contribution < 1.29 is 14.4 Å². The SMILES string of the molecule is CC(C)n1nc(C(=O)NCc2ccc(NC(=O)N3CCC4(CCNC4)CC3)cc2)c2c1[C@@H](C)CN(c1ccc(C(=O)N(C)C)cc1)C2. The number of carbonyl (C=O) groups excluding carboxylic acids is 3. The van der Waals surface area contributed by atoms with E-state index in [1.807, 2.05) is 58.1 Å². The van der Waals surface area contributed by atoms with Crippen LogP contribution in [0.3, 0.4) is 0 Å². The van der Waals surface area contributed by atoms with Crippen LogP contribution in [0, 0.1) is 5.41 Å². The molecule has 1 aromatic heterocycles. The van der Waals surface area contributed by atoms with Gasteiger partial charge in [-0.3, -0.25) is 14.3 Å². The van der Waals surface area contributed by atoms with Crippen molar-refractivity contribution in [3.8, 4) is 0 Å². The topological polar surface area (TPSA) is 115 Å². The van der Waals surface area contributed by atoms with E-state index in [0.29, 0.717) is 29.8 Å². The molecule has 1 spiro atoms. The number of carbonyl (C=O) groups is 3. The van der Waals surface area contributed by atoms with Gasteiger partial charge in [-0.05, 0) is 87.0 Å². The van der Waals surface area contributed by atoms with E-state index in [-0.39, 0.29) is 29.8 Å². The minimum Gasteiger partial charge on any atom is -0.366 e. The fourth-order valence-corrected chi connectivity index (χ4v) is 7.26. The largest absolute Gasteiger partial charge is 0.366 e. The van der Waals surface area contributed by atoms with Crippen LogP contribution in [0.4, 0.5) is 16.2 Å². The quantitative estimate of drug-likeness (QED) is 0.341. The normalized spacial score (nSPS) is 18.7. The van der Waals surface area contributed by atoms with Gasteiger partial charge in [0.2, 0.25) is 0 Å². The number of nitrogens with zero attached hydrogens (tertiary/aromatic N) is 5. The van der Waals surface area contributed by atoms with E-state index in [2.05, 4.69) is 41.6 Å². The lowest BCUT2D eigenvalue weighted by atomic mass is 9.78. The summed E-state index contributed by atoms with van der Waals surface area (Å²) < 4.78 is 2.00. The minimum absolute atomic E-state index is 0.0325. The molecule has 3 aliphatic heterocycles. The predicted molar refractivity (Wildman–Crippen MR) is 184 cm³/mol. The van der Waals surface area contributed by atoms with E-state index >= 15 is 0 Å². The molecule has 4 amide bonds. The highest BCUT2D eigenvalue weighted by Crippen LogP contribution is 2.37. The molecular formula is C36H48N8O3. The van der Waals surface area contributed by atoms with Gasteiger partial charge in [0.25, 0.3) is 11.8 Å². The summed E-state index contributed by atoms with van der Waals surface area (Å²) in [5.74, 6) is -0.0824. The molecule has 0 radical (unpaired) electrons. The Morgan fingerprint density at radius 1 is 1.02 bits per heavy atom. The zero-order valence-electron chi connectivity index (χ0n) is 28.3. The number of amides is 4. The molecule has 3 N–H and O–H groups in total. The maximum absolute atomic E-state index is 13.6. The summed E-state index contributed by atoms with van der Waals surface area (Å²) in [7, 11) is 3.49. The van der Waals surface area contributed by atoms with Crippen molar-refractivity contribution in [3.63, 3.8) is 0 Å². The molecule has 3 aliphatic rings. The second-order valence-corrected chi connectivity index (χ2v) is 14.0. The van der Waals surface area contributed by atoms with Crippen molar-refractivity contribution in [2.45, 2.75) is 65.1 Å². The first-order valence-electron chi connectivity index (χ1n) is 16.9. The molecule has 2 aromatic carbocycles. The van der Waals surface area contributed by atoms with Crippen LogP contribution in [0.25, 0.3) is 0 Å². The molecule has 0 aliphatic carbocycles. The summed E-state index contributed by atoms with van der Waals surface area (Å²) in [5, 5.41) is 14.4. The van der Waals surface area contributed by atoms with Gasteiger partial charge in [0.05, 0.1) is 0 Å². The molecule has 0 saturated carbocycles. The number of rotatable bonds is 7. The van der Waals surface area contributed by atoms with E-state index in [1.165, 1.54) is 6.42 Å². The molecule has 47 heavy (non-hydrogen) atoms. The molecule has 3 aromatic rings. The van der Waals surface area contributed by atoms with Gasteiger partial charge >= 0.3 is 6.03 Å². The van der Waals surface area contributed by atoms with Crippen molar-refractivity contribution in [2.24, 2.45) is 5.41 Å². The van der Waals surface area contributed by atoms with Gasteiger partial charge in [0.1, 0.15) is 0 Å². The molecule has 4 heterocycles. The van der Waals surface area contributed by atoms with Gasteiger partial charge < -0.3 is 30.7 Å².